The highest BCUT2D eigenvalue weighted by Crippen LogP contribution is 2.16. The van der Waals surface area contributed by atoms with Crippen LogP contribution in [0.25, 0.3) is 0 Å². The monoisotopic (exact) mass is 274 g/mol. The molecular weight excluding hydrogens is 248 g/mol. The van der Waals surface area contributed by atoms with Gasteiger partial charge in [0.1, 0.15) is 0 Å². The van der Waals surface area contributed by atoms with Gasteiger partial charge in [0.25, 0.3) is 5.91 Å². The Morgan fingerprint density at radius 1 is 1.30 bits per heavy atom. The number of benzene rings is 1. The van der Waals surface area contributed by atoms with Gasteiger partial charge in [-0.3, -0.25) is 4.79 Å². The standard InChI is InChI=1S/C17H26N2O/c1-3-12-19(16-6-5-11-18-13-16)17(20)15-9-7-14(4-2)8-10-15/h7-10,16,18H,3-6,11-13H2,1-2H3. The maximum atomic E-state index is 12.7. The highest BCUT2D eigenvalue weighted by atomic mass is 16.2. The van der Waals surface area contributed by atoms with Crippen LogP contribution in [0.5, 0.6) is 0 Å². The van der Waals surface area contributed by atoms with E-state index in [2.05, 4.69) is 36.2 Å². The third-order valence-electron chi connectivity index (χ3n) is 4.05. The maximum absolute atomic E-state index is 12.7. The Morgan fingerprint density at radius 3 is 2.60 bits per heavy atom. The minimum Gasteiger partial charge on any atom is -0.334 e. The first kappa shape index (κ1) is 15.0. The summed E-state index contributed by atoms with van der Waals surface area (Å²) in [5.74, 6) is 0.184. The zero-order chi connectivity index (χ0) is 14.4. The van der Waals surface area contributed by atoms with Crippen molar-refractivity contribution in [2.24, 2.45) is 0 Å². The van der Waals surface area contributed by atoms with Gasteiger partial charge in [-0.15, -0.1) is 0 Å². The SMILES string of the molecule is CCCN(C(=O)c1ccc(CC)cc1)C1CCCNC1. The van der Waals surface area contributed by atoms with Gasteiger partial charge in [0.15, 0.2) is 0 Å². The normalized spacial score (nSPS) is 18.8. The molecule has 1 aliphatic heterocycles. The molecule has 1 heterocycles. The lowest BCUT2D eigenvalue weighted by molar-refractivity contribution is 0.0649. The lowest BCUT2D eigenvalue weighted by Crippen LogP contribution is -2.49. The van der Waals surface area contributed by atoms with Crippen LogP contribution in [0.4, 0.5) is 0 Å². The molecule has 20 heavy (non-hydrogen) atoms. The van der Waals surface area contributed by atoms with Crippen LogP contribution >= 0.6 is 0 Å². The minimum absolute atomic E-state index is 0.184. The Balaban J connectivity index is 2.12. The molecule has 1 atom stereocenters. The number of carbonyl (C=O) groups is 1. The Bertz CT molecular complexity index is 421. The van der Waals surface area contributed by atoms with Crippen molar-refractivity contribution < 1.29 is 4.79 Å². The molecular formula is C17H26N2O. The van der Waals surface area contributed by atoms with Crippen LogP contribution in [0.1, 0.15) is 49.0 Å². The van der Waals surface area contributed by atoms with E-state index in [1.807, 2.05) is 12.1 Å². The molecule has 1 aliphatic rings. The smallest absolute Gasteiger partial charge is 0.254 e. The quantitative estimate of drug-likeness (QED) is 0.895. The molecule has 2 rings (SSSR count). The molecule has 1 amide bonds. The molecule has 0 spiro atoms. The van der Waals surface area contributed by atoms with Crippen molar-refractivity contribution in [1.82, 2.24) is 10.2 Å². The van der Waals surface area contributed by atoms with Crippen LogP contribution in [-0.2, 0) is 6.42 Å². The van der Waals surface area contributed by atoms with Gasteiger partial charge in [-0.25, -0.2) is 0 Å². The summed E-state index contributed by atoms with van der Waals surface area (Å²) in [7, 11) is 0. The molecule has 1 unspecified atom stereocenters. The molecule has 1 aromatic rings. The zero-order valence-electron chi connectivity index (χ0n) is 12.7. The number of amides is 1. The second kappa shape index (κ2) is 7.44. The lowest BCUT2D eigenvalue weighted by Gasteiger charge is -2.34. The number of nitrogens with zero attached hydrogens (tertiary/aromatic N) is 1. The summed E-state index contributed by atoms with van der Waals surface area (Å²) in [6, 6.07) is 8.43. The van der Waals surface area contributed by atoms with Crippen LogP contribution in [0.2, 0.25) is 0 Å². The highest BCUT2D eigenvalue weighted by molar-refractivity contribution is 5.94. The largest absolute Gasteiger partial charge is 0.334 e. The molecule has 1 fully saturated rings. The fourth-order valence-corrected chi connectivity index (χ4v) is 2.84. The predicted octanol–water partition coefficient (Wildman–Crippen LogP) is 2.85. The van der Waals surface area contributed by atoms with Gasteiger partial charge in [0.2, 0.25) is 0 Å². The predicted molar refractivity (Wildman–Crippen MR) is 83.0 cm³/mol. The number of rotatable bonds is 5. The van der Waals surface area contributed by atoms with E-state index < -0.39 is 0 Å². The molecule has 0 saturated carbocycles. The number of nitrogens with one attached hydrogen (secondary N) is 1. The Morgan fingerprint density at radius 2 is 2.05 bits per heavy atom. The van der Waals surface area contributed by atoms with E-state index in [0.29, 0.717) is 6.04 Å². The van der Waals surface area contributed by atoms with Crippen LogP contribution in [0, 0.1) is 0 Å². The number of hydrogen-bond donors (Lipinski definition) is 1. The second-order valence-electron chi connectivity index (χ2n) is 5.55. The van der Waals surface area contributed by atoms with Gasteiger partial charge in [0, 0.05) is 24.7 Å². The van der Waals surface area contributed by atoms with Crippen molar-refractivity contribution in [3.8, 4) is 0 Å². The van der Waals surface area contributed by atoms with Crippen molar-refractivity contribution in [2.75, 3.05) is 19.6 Å². The van der Waals surface area contributed by atoms with E-state index in [1.165, 1.54) is 5.56 Å². The molecule has 0 aromatic heterocycles. The van der Waals surface area contributed by atoms with E-state index >= 15 is 0 Å². The average Bonchev–Trinajstić information content (AvgIpc) is 2.53. The van der Waals surface area contributed by atoms with E-state index in [1.54, 1.807) is 0 Å². The van der Waals surface area contributed by atoms with Crippen LogP contribution in [0.3, 0.4) is 0 Å². The van der Waals surface area contributed by atoms with Crippen LogP contribution in [0.15, 0.2) is 24.3 Å². The van der Waals surface area contributed by atoms with E-state index in [9.17, 15) is 4.79 Å². The summed E-state index contributed by atoms with van der Waals surface area (Å²) in [6.07, 6.45) is 4.30. The zero-order valence-corrected chi connectivity index (χ0v) is 12.7. The Kier molecular flexibility index (Phi) is 5.60. The Labute approximate surface area is 122 Å². The van der Waals surface area contributed by atoms with Gasteiger partial charge in [0.05, 0.1) is 0 Å². The molecule has 0 aliphatic carbocycles. The number of aryl methyl sites for hydroxylation is 1. The number of carbonyl (C=O) groups excluding carboxylic acids is 1. The number of hydrogen-bond acceptors (Lipinski definition) is 2. The van der Waals surface area contributed by atoms with E-state index in [4.69, 9.17) is 0 Å². The molecule has 3 nitrogen and oxygen atoms in total. The minimum atomic E-state index is 0.184. The first-order chi connectivity index (χ1) is 9.76. The molecule has 0 bridgehead atoms. The summed E-state index contributed by atoms with van der Waals surface area (Å²) in [6.45, 7) is 7.12. The van der Waals surface area contributed by atoms with E-state index in [-0.39, 0.29) is 5.91 Å². The molecule has 1 N–H and O–H groups in total. The fourth-order valence-electron chi connectivity index (χ4n) is 2.84. The van der Waals surface area contributed by atoms with Crippen molar-refractivity contribution in [2.45, 2.75) is 45.6 Å². The maximum Gasteiger partial charge on any atom is 0.254 e. The fraction of sp³-hybridized carbons (Fsp3) is 0.588. The lowest BCUT2D eigenvalue weighted by atomic mass is 10.0. The third-order valence-corrected chi connectivity index (χ3v) is 4.05. The molecule has 0 radical (unpaired) electrons. The summed E-state index contributed by atoms with van der Waals surface area (Å²) in [4.78, 5) is 14.8. The summed E-state index contributed by atoms with van der Waals surface area (Å²) < 4.78 is 0. The van der Waals surface area contributed by atoms with Crippen molar-refractivity contribution in [3.63, 3.8) is 0 Å². The Hall–Kier alpha value is -1.35. The molecule has 1 aromatic carbocycles. The summed E-state index contributed by atoms with van der Waals surface area (Å²) in [5, 5.41) is 3.40. The second-order valence-corrected chi connectivity index (χ2v) is 5.55. The van der Waals surface area contributed by atoms with Gasteiger partial charge >= 0.3 is 0 Å². The van der Waals surface area contributed by atoms with Gasteiger partial charge in [-0.2, -0.15) is 0 Å². The van der Waals surface area contributed by atoms with Gasteiger partial charge < -0.3 is 10.2 Å². The first-order valence-corrected chi connectivity index (χ1v) is 7.86. The van der Waals surface area contributed by atoms with Crippen LogP contribution < -0.4 is 5.32 Å². The average molecular weight is 274 g/mol. The summed E-state index contributed by atoms with van der Waals surface area (Å²) >= 11 is 0. The summed E-state index contributed by atoms with van der Waals surface area (Å²) in [5.41, 5.74) is 2.10. The molecule has 1 saturated heterocycles. The molecule has 3 heteroatoms. The molecule has 110 valence electrons. The highest BCUT2D eigenvalue weighted by Gasteiger charge is 2.25. The van der Waals surface area contributed by atoms with Crippen molar-refractivity contribution >= 4 is 5.91 Å². The van der Waals surface area contributed by atoms with Gasteiger partial charge in [-0.05, 0) is 49.9 Å². The first-order valence-electron chi connectivity index (χ1n) is 7.86. The van der Waals surface area contributed by atoms with Gasteiger partial charge in [-0.1, -0.05) is 26.0 Å². The van der Waals surface area contributed by atoms with E-state index in [0.717, 1.165) is 50.9 Å². The van der Waals surface area contributed by atoms with Crippen molar-refractivity contribution in [3.05, 3.63) is 35.4 Å². The number of piperidine rings is 1. The van der Waals surface area contributed by atoms with Crippen molar-refractivity contribution in [1.29, 1.82) is 0 Å². The third kappa shape index (κ3) is 3.60. The topological polar surface area (TPSA) is 32.3 Å². The van der Waals surface area contributed by atoms with Crippen LogP contribution in [-0.4, -0.2) is 36.5 Å².